The first-order valence-corrected chi connectivity index (χ1v) is 6.91. The Bertz CT molecular complexity index is 715. The highest BCUT2D eigenvalue weighted by atomic mass is 35.7. The minimum atomic E-state index is -5.69. The van der Waals surface area contributed by atoms with E-state index in [1.54, 1.807) is 0 Å². The second kappa shape index (κ2) is 5.42. The van der Waals surface area contributed by atoms with E-state index < -0.39 is 48.7 Å². The Morgan fingerprint density at radius 1 is 1.23 bits per heavy atom. The number of hydrogen-bond donors (Lipinski definition) is 0. The summed E-state index contributed by atoms with van der Waals surface area (Å²) in [5.74, 6) is -3.80. The minimum Gasteiger partial charge on any atom is -0.405 e. The van der Waals surface area contributed by atoms with Crippen LogP contribution in [0.25, 0.3) is 0 Å². The maximum atomic E-state index is 12.8. The summed E-state index contributed by atoms with van der Waals surface area (Å²) in [5, 5.41) is 8.27. The molecule has 0 atom stereocenters. The van der Waals surface area contributed by atoms with Crippen molar-refractivity contribution in [3.8, 4) is 5.75 Å². The molecule has 22 heavy (non-hydrogen) atoms. The predicted molar refractivity (Wildman–Crippen MR) is 55.6 cm³/mol. The molecule has 0 radical (unpaired) electrons. The molecule has 0 bridgehead atoms. The molecular formula is C7HClF6N2O5S. The summed E-state index contributed by atoms with van der Waals surface area (Å²) in [4.78, 5) is 11.4. The fourth-order valence-corrected chi connectivity index (χ4v) is 2.22. The lowest BCUT2D eigenvalue weighted by Gasteiger charge is -2.15. The lowest BCUT2D eigenvalue weighted by Crippen LogP contribution is -2.22. The van der Waals surface area contributed by atoms with E-state index in [2.05, 4.69) is 20.4 Å². The summed E-state index contributed by atoms with van der Waals surface area (Å²) in [7, 11) is -0.721. The Morgan fingerprint density at radius 2 is 1.73 bits per heavy atom. The van der Waals surface area contributed by atoms with Gasteiger partial charge >= 0.3 is 27.4 Å². The maximum absolute atomic E-state index is 12.8. The van der Waals surface area contributed by atoms with E-state index in [0.29, 0.717) is 0 Å². The standard InChI is InChI=1S/C7HClF6N2O5S/c8-22(19,20)5-4(6(9,10)11)2(21-7(12,13)14)1-3(15-5)16(17)18/h1H. The molecule has 0 saturated heterocycles. The fourth-order valence-electron chi connectivity index (χ4n) is 1.22. The Kier molecular flexibility index (Phi) is 4.49. The third kappa shape index (κ3) is 4.33. The third-order valence-corrected chi connectivity index (χ3v) is 3.06. The fraction of sp³-hybridized carbons (Fsp3) is 0.286. The zero-order valence-electron chi connectivity index (χ0n) is 9.57. The summed E-state index contributed by atoms with van der Waals surface area (Å²) >= 11 is 0. The van der Waals surface area contributed by atoms with Gasteiger partial charge in [0, 0.05) is 10.7 Å². The van der Waals surface area contributed by atoms with Gasteiger partial charge in [-0.3, -0.25) is 0 Å². The zero-order chi connectivity index (χ0) is 17.5. The largest absolute Gasteiger partial charge is 0.573 e. The summed E-state index contributed by atoms with van der Waals surface area (Å²) in [6.07, 6.45) is -11.4. The van der Waals surface area contributed by atoms with Crippen molar-refractivity contribution < 1.29 is 44.4 Å². The smallest absolute Gasteiger partial charge is 0.405 e. The van der Waals surface area contributed by atoms with Crippen molar-refractivity contribution in [2.45, 2.75) is 17.6 Å². The Morgan fingerprint density at radius 3 is 2.05 bits per heavy atom. The van der Waals surface area contributed by atoms with Crippen molar-refractivity contribution in [3.63, 3.8) is 0 Å². The SMILES string of the molecule is O=[N+]([O-])c1cc(OC(F)(F)F)c(C(F)(F)F)c(S(=O)(=O)Cl)n1. The van der Waals surface area contributed by atoms with Gasteiger partial charge in [0.2, 0.25) is 0 Å². The van der Waals surface area contributed by atoms with Gasteiger partial charge in [0.1, 0.15) is 0 Å². The van der Waals surface area contributed by atoms with Crippen LogP contribution in [0.1, 0.15) is 5.56 Å². The summed E-state index contributed by atoms with van der Waals surface area (Å²) < 4.78 is 99.7. The molecule has 1 aromatic heterocycles. The number of nitrogens with zero attached hydrogens (tertiary/aromatic N) is 2. The highest BCUT2D eigenvalue weighted by Gasteiger charge is 2.48. The molecule has 0 N–H and O–H groups in total. The molecule has 1 aromatic rings. The first-order valence-electron chi connectivity index (χ1n) is 4.60. The first-order chi connectivity index (χ1) is 9.63. The monoisotopic (exact) mass is 374 g/mol. The summed E-state index contributed by atoms with van der Waals surface area (Å²) in [5.41, 5.74) is -2.51. The molecule has 0 aliphatic rings. The molecule has 0 saturated carbocycles. The summed E-state index contributed by atoms with van der Waals surface area (Å²) in [6, 6.07) is -0.318. The van der Waals surface area contributed by atoms with Gasteiger partial charge in [0.05, 0.1) is 6.07 Å². The van der Waals surface area contributed by atoms with Gasteiger partial charge in [-0.2, -0.15) is 13.2 Å². The average Bonchev–Trinajstić information content (AvgIpc) is 2.22. The predicted octanol–water partition coefficient (Wildman–Crippen LogP) is 2.83. The van der Waals surface area contributed by atoms with E-state index in [4.69, 9.17) is 0 Å². The van der Waals surface area contributed by atoms with E-state index in [9.17, 15) is 44.9 Å². The van der Waals surface area contributed by atoms with Gasteiger partial charge < -0.3 is 14.9 Å². The first kappa shape index (κ1) is 18.2. The quantitative estimate of drug-likeness (QED) is 0.349. The van der Waals surface area contributed by atoms with E-state index in [1.807, 2.05) is 0 Å². The van der Waals surface area contributed by atoms with E-state index >= 15 is 0 Å². The maximum Gasteiger partial charge on any atom is 0.573 e. The molecule has 1 heterocycles. The zero-order valence-corrected chi connectivity index (χ0v) is 11.1. The minimum absolute atomic E-state index is 0.318. The second-order valence-corrected chi connectivity index (χ2v) is 5.88. The molecule has 0 unspecified atom stereocenters. The Hall–Kier alpha value is -1.83. The molecule has 0 spiro atoms. The van der Waals surface area contributed by atoms with Crippen LogP contribution in [0.2, 0.25) is 0 Å². The molecule has 7 nitrogen and oxygen atoms in total. The molecule has 0 fully saturated rings. The molecule has 15 heteroatoms. The van der Waals surface area contributed by atoms with Gasteiger partial charge in [-0.05, 0) is 9.91 Å². The normalized spacial score (nSPS) is 13.0. The molecule has 124 valence electrons. The van der Waals surface area contributed by atoms with Gasteiger partial charge in [0.25, 0.3) is 5.03 Å². The Balaban J connectivity index is 3.86. The van der Waals surface area contributed by atoms with E-state index in [1.165, 1.54) is 0 Å². The van der Waals surface area contributed by atoms with Crippen LogP contribution in [0.5, 0.6) is 5.75 Å². The number of pyridine rings is 1. The number of aromatic nitrogens is 1. The van der Waals surface area contributed by atoms with Gasteiger partial charge in [0.15, 0.2) is 11.3 Å². The van der Waals surface area contributed by atoms with Crippen molar-refractivity contribution in [2.75, 3.05) is 0 Å². The van der Waals surface area contributed by atoms with Gasteiger partial charge in [-0.15, -0.1) is 13.2 Å². The number of ether oxygens (including phenoxy) is 1. The average molecular weight is 375 g/mol. The number of nitro groups is 1. The molecular weight excluding hydrogens is 374 g/mol. The van der Waals surface area contributed by atoms with E-state index in [0.717, 1.165) is 0 Å². The number of hydrogen-bond acceptors (Lipinski definition) is 6. The topological polar surface area (TPSA) is 99.4 Å². The van der Waals surface area contributed by atoms with Crippen LogP contribution in [0, 0.1) is 10.1 Å². The van der Waals surface area contributed by atoms with Crippen LogP contribution in [0.4, 0.5) is 32.2 Å². The number of halogens is 7. The molecule has 0 amide bonds. The highest BCUT2D eigenvalue weighted by Crippen LogP contribution is 2.43. The van der Waals surface area contributed by atoms with Crippen molar-refractivity contribution in [2.24, 2.45) is 0 Å². The lowest BCUT2D eigenvalue weighted by molar-refractivity contribution is -0.390. The van der Waals surface area contributed by atoms with Crippen LogP contribution in [-0.4, -0.2) is 24.7 Å². The highest BCUT2D eigenvalue weighted by molar-refractivity contribution is 8.13. The van der Waals surface area contributed by atoms with Crippen molar-refractivity contribution in [1.82, 2.24) is 4.98 Å². The molecule has 1 rings (SSSR count). The lowest BCUT2D eigenvalue weighted by atomic mass is 10.2. The number of alkyl halides is 6. The summed E-state index contributed by atoms with van der Waals surface area (Å²) in [6.45, 7) is 0. The second-order valence-electron chi connectivity index (χ2n) is 3.40. The van der Waals surface area contributed by atoms with E-state index in [-0.39, 0.29) is 6.07 Å². The molecule has 0 aliphatic heterocycles. The molecule has 0 aliphatic carbocycles. The third-order valence-electron chi connectivity index (χ3n) is 1.86. The van der Waals surface area contributed by atoms with Crippen LogP contribution >= 0.6 is 10.7 Å². The Labute approximate surface area is 121 Å². The van der Waals surface area contributed by atoms with Crippen LogP contribution in [0.3, 0.4) is 0 Å². The number of rotatable bonds is 3. The molecule has 0 aromatic carbocycles. The van der Waals surface area contributed by atoms with Crippen LogP contribution < -0.4 is 4.74 Å². The van der Waals surface area contributed by atoms with Gasteiger partial charge in [-0.25, -0.2) is 8.42 Å². The van der Waals surface area contributed by atoms with Crippen LogP contribution in [-0.2, 0) is 15.2 Å². The van der Waals surface area contributed by atoms with Crippen molar-refractivity contribution >= 4 is 25.6 Å². The van der Waals surface area contributed by atoms with Crippen molar-refractivity contribution in [3.05, 3.63) is 21.7 Å². The van der Waals surface area contributed by atoms with Crippen LogP contribution in [0.15, 0.2) is 11.1 Å². The van der Waals surface area contributed by atoms with Gasteiger partial charge in [-0.1, -0.05) is 0 Å². The van der Waals surface area contributed by atoms with Crippen molar-refractivity contribution in [1.29, 1.82) is 0 Å².